The molecule has 7 rings (SSSR count). The summed E-state index contributed by atoms with van der Waals surface area (Å²) in [6.45, 7) is 9.40. The molecule has 3 amide bonds. The van der Waals surface area contributed by atoms with E-state index in [4.69, 9.17) is 24.2 Å². The van der Waals surface area contributed by atoms with Crippen LogP contribution in [0.1, 0.15) is 88.2 Å². The zero-order valence-corrected chi connectivity index (χ0v) is 32.2. The summed E-state index contributed by atoms with van der Waals surface area (Å²) in [5.41, 5.74) is 5.93. The number of imidazole rings is 2. The molecule has 5 heterocycles. The number of methoxy groups -OCH3 is 1. The van der Waals surface area contributed by atoms with Crippen LogP contribution in [-0.2, 0) is 30.2 Å². The molecule has 4 aromatic rings. The van der Waals surface area contributed by atoms with Crippen molar-refractivity contribution < 1.29 is 28.6 Å². The maximum Gasteiger partial charge on any atom is 0.407 e. The number of carbonyl (C=O) groups excluding carboxylic acids is 3. The van der Waals surface area contributed by atoms with E-state index in [0.717, 1.165) is 71.6 Å². The number of nitrogens with one attached hydrogen (secondary N) is 4. The number of likely N-dealkylation sites (tertiary alicyclic amines) is 2. The molecule has 3 fully saturated rings. The van der Waals surface area contributed by atoms with Crippen LogP contribution in [0.4, 0.5) is 4.79 Å². The highest BCUT2D eigenvalue weighted by Crippen LogP contribution is 2.34. The lowest BCUT2D eigenvalue weighted by molar-refractivity contribution is -0.335. The lowest BCUT2D eigenvalue weighted by Gasteiger charge is -2.35. The Morgan fingerprint density at radius 3 is 2.22 bits per heavy atom. The van der Waals surface area contributed by atoms with Crippen LogP contribution in [0.2, 0.25) is 0 Å². The van der Waals surface area contributed by atoms with Crippen molar-refractivity contribution in [2.45, 2.75) is 90.4 Å². The minimum Gasteiger partial charge on any atom is -0.453 e. The number of rotatable bonds is 13. The summed E-state index contributed by atoms with van der Waals surface area (Å²) < 4.78 is 15.5. The summed E-state index contributed by atoms with van der Waals surface area (Å²) in [5.74, 6) is 1.45. The van der Waals surface area contributed by atoms with Gasteiger partial charge < -0.3 is 39.3 Å². The molecule has 4 N–H and O–H groups in total. The van der Waals surface area contributed by atoms with Gasteiger partial charge in [-0.15, -0.1) is 0 Å². The van der Waals surface area contributed by atoms with Crippen LogP contribution in [0.25, 0.3) is 28.4 Å². The van der Waals surface area contributed by atoms with Gasteiger partial charge in [0.2, 0.25) is 18.2 Å². The van der Waals surface area contributed by atoms with Crippen LogP contribution in [0, 0.1) is 11.8 Å². The van der Waals surface area contributed by atoms with E-state index in [1.54, 1.807) is 0 Å². The normalized spacial score (nSPS) is 20.1. The maximum atomic E-state index is 13.6. The lowest BCUT2D eigenvalue weighted by atomic mass is 10.0. The van der Waals surface area contributed by atoms with Crippen LogP contribution in [0.5, 0.6) is 0 Å². The Kier molecular flexibility index (Phi) is 11.6. The number of allylic oxidation sites excluding steroid dienone is 1. The van der Waals surface area contributed by atoms with Gasteiger partial charge >= 0.3 is 6.09 Å². The van der Waals surface area contributed by atoms with Crippen molar-refractivity contribution in [2.24, 2.45) is 11.8 Å². The quantitative estimate of drug-likeness (QED) is 0.132. The van der Waals surface area contributed by atoms with Crippen LogP contribution >= 0.6 is 0 Å². The third-order valence-electron chi connectivity index (χ3n) is 10.8. The Hall–Kier alpha value is -5.05. The third kappa shape index (κ3) is 8.46. The summed E-state index contributed by atoms with van der Waals surface area (Å²) in [4.78, 5) is 59.4. The van der Waals surface area contributed by atoms with Gasteiger partial charge in [-0.2, -0.15) is 0 Å². The Bertz CT molecular complexity index is 2000. The van der Waals surface area contributed by atoms with Gasteiger partial charge in [0.25, 0.3) is 0 Å². The predicted molar refractivity (Wildman–Crippen MR) is 207 cm³/mol. The number of aromatic nitrogens is 4. The summed E-state index contributed by atoms with van der Waals surface area (Å²) in [5, 5.41) is 5.90. The molecular formula is C41H52N8O6. The van der Waals surface area contributed by atoms with E-state index in [0.29, 0.717) is 13.1 Å². The minimum absolute atomic E-state index is 0.0394. The van der Waals surface area contributed by atoms with E-state index in [2.05, 4.69) is 63.1 Å². The van der Waals surface area contributed by atoms with Gasteiger partial charge in [-0.05, 0) is 72.8 Å². The molecule has 1 unspecified atom stereocenters. The summed E-state index contributed by atoms with van der Waals surface area (Å²) in [6.07, 6.45) is 9.15. The highest BCUT2D eigenvalue weighted by molar-refractivity contribution is 5.87. The number of nitrogens with zero attached hydrogens (tertiary/aromatic N) is 4. The molecule has 0 aliphatic carbocycles. The van der Waals surface area contributed by atoms with Gasteiger partial charge in [-0.1, -0.05) is 70.2 Å². The van der Waals surface area contributed by atoms with E-state index < -0.39 is 24.6 Å². The van der Waals surface area contributed by atoms with Crippen LogP contribution in [0.15, 0.2) is 54.7 Å². The van der Waals surface area contributed by atoms with Crippen molar-refractivity contribution in [1.82, 2.24) is 40.4 Å². The topological polar surface area (TPSA) is 167 Å². The Morgan fingerprint density at radius 2 is 1.58 bits per heavy atom. The van der Waals surface area contributed by atoms with E-state index in [1.807, 2.05) is 55.8 Å². The zero-order valence-electron chi connectivity index (χ0n) is 32.2. The van der Waals surface area contributed by atoms with Gasteiger partial charge in [0.1, 0.15) is 17.7 Å². The fourth-order valence-electron chi connectivity index (χ4n) is 7.73. The molecule has 0 saturated carbocycles. The van der Waals surface area contributed by atoms with Crippen molar-refractivity contribution in [3.8, 4) is 11.3 Å². The summed E-state index contributed by atoms with van der Waals surface area (Å²) >= 11 is 0. The molecule has 2 aromatic heterocycles. The molecule has 292 valence electrons. The monoisotopic (exact) mass is 752 g/mol. The van der Waals surface area contributed by atoms with Gasteiger partial charge in [0.05, 0.1) is 48.2 Å². The average molecular weight is 753 g/mol. The van der Waals surface area contributed by atoms with E-state index in [9.17, 15) is 14.4 Å². The number of fused-ring (bicyclic) bond motifs is 1. The molecule has 0 bridgehead atoms. The Balaban J connectivity index is 0.962. The van der Waals surface area contributed by atoms with Gasteiger partial charge in [-0.3, -0.25) is 14.9 Å². The smallest absolute Gasteiger partial charge is 0.407 e. The Morgan fingerprint density at radius 1 is 0.909 bits per heavy atom. The van der Waals surface area contributed by atoms with Crippen molar-refractivity contribution in [3.05, 3.63) is 77.5 Å². The molecule has 55 heavy (non-hydrogen) atoms. The fourth-order valence-corrected chi connectivity index (χ4v) is 7.73. The molecule has 14 nitrogen and oxygen atoms in total. The number of carbonyl (C=O) groups is 3. The van der Waals surface area contributed by atoms with Crippen LogP contribution in [0.3, 0.4) is 0 Å². The largest absolute Gasteiger partial charge is 0.453 e. The number of alkyl carbamates (subject to hydrolysis) is 1. The van der Waals surface area contributed by atoms with E-state index >= 15 is 0 Å². The molecule has 2 aromatic carbocycles. The van der Waals surface area contributed by atoms with E-state index in [-0.39, 0.29) is 42.5 Å². The molecule has 0 radical (unpaired) electrons. The first-order chi connectivity index (χ1) is 26.6. The number of hydrogen-bond donors (Lipinski definition) is 4. The number of amides is 3. The highest BCUT2D eigenvalue weighted by atomic mass is 16.9. The third-order valence-corrected chi connectivity index (χ3v) is 10.8. The molecular weight excluding hydrogens is 701 g/mol. The molecule has 4 atom stereocenters. The molecule has 14 heteroatoms. The minimum atomic E-state index is -0.676. The van der Waals surface area contributed by atoms with Crippen molar-refractivity contribution >= 4 is 35.0 Å². The number of H-pyrrole nitrogens is 2. The van der Waals surface area contributed by atoms with Crippen LogP contribution in [-0.4, -0.2) is 93.1 Å². The number of aromatic amines is 2. The maximum absolute atomic E-state index is 13.6. The average Bonchev–Trinajstić information content (AvgIpc) is 3.99. The van der Waals surface area contributed by atoms with Crippen molar-refractivity contribution in [2.75, 3.05) is 27.0 Å². The summed E-state index contributed by atoms with van der Waals surface area (Å²) in [7, 11) is 1.30. The van der Waals surface area contributed by atoms with Crippen LogP contribution < -0.4 is 10.6 Å². The molecule has 3 aliphatic heterocycles. The van der Waals surface area contributed by atoms with Crippen molar-refractivity contribution in [1.29, 1.82) is 0 Å². The number of hydrogen-bond acceptors (Lipinski definition) is 9. The Labute approximate surface area is 321 Å². The second-order valence-electron chi connectivity index (χ2n) is 15.3. The molecule has 3 aliphatic rings. The first-order valence-corrected chi connectivity index (χ1v) is 19.3. The zero-order chi connectivity index (χ0) is 38.6. The molecule has 3 saturated heterocycles. The highest BCUT2D eigenvalue weighted by Gasteiger charge is 2.39. The first kappa shape index (κ1) is 38.2. The second-order valence-corrected chi connectivity index (χ2v) is 15.3. The van der Waals surface area contributed by atoms with Gasteiger partial charge in [0.15, 0.2) is 6.79 Å². The number of ether oxygens (including phenoxy) is 3. The first-order valence-electron chi connectivity index (χ1n) is 19.3. The second kappa shape index (κ2) is 16.8. The lowest BCUT2D eigenvalue weighted by Crippen LogP contribution is -2.56. The van der Waals surface area contributed by atoms with E-state index in [1.165, 1.54) is 12.7 Å². The van der Waals surface area contributed by atoms with Gasteiger partial charge in [0, 0.05) is 13.1 Å². The predicted octanol–water partition coefficient (Wildman–Crippen LogP) is 5.82. The van der Waals surface area contributed by atoms with Crippen molar-refractivity contribution in [3.63, 3.8) is 0 Å². The SMILES string of the molecule is COC(=O)N[C@H](C(=O)N1CCC[C@H]1c1nc2ccc(C=CCc3ccc(-c4cnc(C5CCCN5C(=O)[C@@H](NC5OCO5)C(C)C)[nH]4)cc3)cc2[nH]1)C(C)C. The fraction of sp³-hybridized carbons (Fsp3) is 0.488. The van der Waals surface area contributed by atoms with Gasteiger partial charge in [-0.25, -0.2) is 14.8 Å². The number of benzene rings is 2. The standard InChI is InChI=1S/C41H52N8O6/c1-24(2)34(46-40(52)53-5)38(50)49-20-8-12-33(49)37-43-29-18-15-27(21-30(29)44-37)10-6-9-26-13-16-28(17-14-26)31-22-42-36(45-31)32-11-7-19-48(32)39(51)35(25(3)4)47-41-54-23-55-41/h6,10,13-18,21-22,24-25,32-35,41,47H,7-9,11-12,19-20,23H2,1-5H3,(H,42,45)(H,43,44)(H,46,52)/t32?,33-,34-,35-/m0/s1. The molecule has 0 spiro atoms. The summed E-state index contributed by atoms with van der Waals surface area (Å²) in [6, 6.07) is 13.2.